The summed E-state index contributed by atoms with van der Waals surface area (Å²) in [5.41, 5.74) is 3.02. The van der Waals surface area contributed by atoms with Crippen LogP contribution in [0.15, 0.2) is 36.4 Å². The zero-order valence-electron chi connectivity index (χ0n) is 11.1. The molecule has 2 unspecified atom stereocenters. The van der Waals surface area contributed by atoms with E-state index in [1.807, 2.05) is 43.3 Å². The summed E-state index contributed by atoms with van der Waals surface area (Å²) < 4.78 is 0. The molecule has 1 saturated carbocycles. The second-order valence-electron chi connectivity index (χ2n) is 5.05. The number of rotatable bonds is 4. The molecule has 1 aromatic carbocycles. The van der Waals surface area contributed by atoms with Crippen LogP contribution in [-0.2, 0) is 4.79 Å². The normalized spacial score (nSPS) is 20.4. The number of carbonyl (C=O) groups is 1. The molecule has 2 aromatic rings. The molecule has 1 heterocycles. The lowest BCUT2D eigenvalue weighted by atomic mass is 10.1. The second kappa shape index (κ2) is 4.92. The van der Waals surface area contributed by atoms with E-state index in [9.17, 15) is 4.79 Å². The zero-order chi connectivity index (χ0) is 14.1. The Labute approximate surface area is 116 Å². The van der Waals surface area contributed by atoms with Crippen molar-refractivity contribution < 1.29 is 9.90 Å². The highest BCUT2D eigenvalue weighted by atomic mass is 16.4. The van der Waals surface area contributed by atoms with Crippen LogP contribution in [0.4, 0.5) is 5.82 Å². The van der Waals surface area contributed by atoms with E-state index in [1.165, 1.54) is 0 Å². The number of carboxylic acids is 1. The Balaban J connectivity index is 1.72. The van der Waals surface area contributed by atoms with Crippen molar-refractivity contribution in [1.29, 1.82) is 0 Å². The Hall–Kier alpha value is -2.43. The van der Waals surface area contributed by atoms with Gasteiger partial charge in [-0.2, -0.15) is 0 Å². The Kier molecular flexibility index (Phi) is 3.10. The molecule has 0 bridgehead atoms. The molecule has 0 aliphatic heterocycles. The van der Waals surface area contributed by atoms with E-state index in [0.717, 1.165) is 16.8 Å². The quantitative estimate of drug-likeness (QED) is 0.891. The first-order valence-corrected chi connectivity index (χ1v) is 6.54. The summed E-state index contributed by atoms with van der Waals surface area (Å²) in [4.78, 5) is 10.8. The molecule has 0 amide bonds. The minimum Gasteiger partial charge on any atom is -0.481 e. The minimum absolute atomic E-state index is 0.0221. The van der Waals surface area contributed by atoms with Gasteiger partial charge in [0.25, 0.3) is 0 Å². The lowest BCUT2D eigenvalue weighted by Crippen LogP contribution is -2.11. The first kappa shape index (κ1) is 12.6. The molecule has 2 atom stereocenters. The van der Waals surface area contributed by atoms with Crippen molar-refractivity contribution in [2.24, 2.45) is 5.92 Å². The maximum Gasteiger partial charge on any atom is 0.308 e. The molecule has 0 radical (unpaired) electrons. The van der Waals surface area contributed by atoms with Crippen LogP contribution in [0.25, 0.3) is 11.3 Å². The van der Waals surface area contributed by atoms with E-state index in [1.54, 1.807) is 0 Å². The molecule has 0 spiro atoms. The van der Waals surface area contributed by atoms with Gasteiger partial charge in [-0.3, -0.25) is 4.79 Å². The van der Waals surface area contributed by atoms with Crippen LogP contribution in [0, 0.1) is 12.8 Å². The first-order valence-electron chi connectivity index (χ1n) is 6.54. The summed E-state index contributed by atoms with van der Waals surface area (Å²) in [6.45, 7) is 2.03. The van der Waals surface area contributed by atoms with Gasteiger partial charge < -0.3 is 10.4 Å². The molecule has 1 fully saturated rings. The van der Waals surface area contributed by atoms with Gasteiger partial charge in [0.15, 0.2) is 0 Å². The Morgan fingerprint density at radius 2 is 2.05 bits per heavy atom. The van der Waals surface area contributed by atoms with Crippen molar-refractivity contribution in [3.8, 4) is 11.3 Å². The summed E-state index contributed by atoms with van der Waals surface area (Å²) in [5.74, 6) is -0.434. The summed E-state index contributed by atoms with van der Waals surface area (Å²) >= 11 is 0. The molecule has 1 aliphatic rings. The number of aromatic nitrogens is 2. The van der Waals surface area contributed by atoms with Gasteiger partial charge in [-0.05, 0) is 31.0 Å². The number of benzene rings is 1. The van der Waals surface area contributed by atoms with Gasteiger partial charge >= 0.3 is 5.97 Å². The number of hydrogen-bond acceptors (Lipinski definition) is 4. The van der Waals surface area contributed by atoms with Gasteiger partial charge in [0.1, 0.15) is 5.82 Å². The van der Waals surface area contributed by atoms with Gasteiger partial charge in [0.2, 0.25) is 0 Å². The number of anilines is 1. The minimum atomic E-state index is -0.757. The number of carboxylic acid groups (broad SMARTS) is 1. The summed E-state index contributed by atoms with van der Waals surface area (Å²) in [7, 11) is 0. The third kappa shape index (κ3) is 2.47. The molecule has 3 rings (SSSR count). The molecule has 1 aromatic heterocycles. The average Bonchev–Trinajstić information content (AvgIpc) is 3.20. The van der Waals surface area contributed by atoms with Crippen LogP contribution in [0.2, 0.25) is 0 Å². The molecule has 5 nitrogen and oxygen atoms in total. The largest absolute Gasteiger partial charge is 0.481 e. The van der Waals surface area contributed by atoms with E-state index >= 15 is 0 Å². The molecular weight excluding hydrogens is 254 g/mol. The molecular formula is C15H15N3O2. The molecule has 1 aliphatic carbocycles. The highest BCUT2D eigenvalue weighted by molar-refractivity contribution is 5.75. The number of aliphatic carboxylic acids is 1. The van der Waals surface area contributed by atoms with Crippen LogP contribution in [-0.4, -0.2) is 27.3 Å². The van der Waals surface area contributed by atoms with Gasteiger partial charge in [0.05, 0.1) is 11.6 Å². The predicted molar refractivity (Wildman–Crippen MR) is 75.4 cm³/mol. The summed E-state index contributed by atoms with van der Waals surface area (Å²) in [6, 6.07) is 11.7. The number of aryl methyl sites for hydroxylation is 1. The topological polar surface area (TPSA) is 75.1 Å². The lowest BCUT2D eigenvalue weighted by Gasteiger charge is -2.06. The number of nitrogens with zero attached hydrogens (tertiary/aromatic N) is 2. The fourth-order valence-corrected chi connectivity index (χ4v) is 2.23. The van der Waals surface area contributed by atoms with E-state index in [4.69, 9.17) is 5.11 Å². The van der Waals surface area contributed by atoms with Crippen LogP contribution >= 0.6 is 0 Å². The fourth-order valence-electron chi connectivity index (χ4n) is 2.23. The molecule has 5 heteroatoms. The van der Waals surface area contributed by atoms with Crippen LogP contribution in [0.5, 0.6) is 0 Å². The standard InChI is InChI=1S/C15H15N3O2/c1-9-4-2-3-5-10(9)12-6-7-14(18-17-12)16-13-8-11(13)15(19)20/h2-7,11,13H,8H2,1H3,(H,16,18)(H,19,20). The van der Waals surface area contributed by atoms with Crippen molar-refractivity contribution in [1.82, 2.24) is 10.2 Å². The predicted octanol–water partition coefficient (Wildman–Crippen LogP) is 2.34. The van der Waals surface area contributed by atoms with Gasteiger partial charge in [-0.15, -0.1) is 10.2 Å². The van der Waals surface area contributed by atoms with Crippen molar-refractivity contribution in [3.63, 3.8) is 0 Å². The van der Waals surface area contributed by atoms with Crippen LogP contribution < -0.4 is 5.32 Å². The van der Waals surface area contributed by atoms with Crippen molar-refractivity contribution in [2.75, 3.05) is 5.32 Å². The second-order valence-corrected chi connectivity index (χ2v) is 5.05. The smallest absolute Gasteiger partial charge is 0.308 e. The van der Waals surface area contributed by atoms with Crippen molar-refractivity contribution in [2.45, 2.75) is 19.4 Å². The lowest BCUT2D eigenvalue weighted by molar-refractivity contribution is -0.138. The number of hydrogen-bond donors (Lipinski definition) is 2. The third-order valence-corrected chi connectivity index (χ3v) is 3.53. The highest BCUT2D eigenvalue weighted by Gasteiger charge is 2.43. The Morgan fingerprint density at radius 1 is 1.25 bits per heavy atom. The Morgan fingerprint density at radius 3 is 2.65 bits per heavy atom. The maximum atomic E-state index is 10.8. The van der Waals surface area contributed by atoms with E-state index in [0.29, 0.717) is 12.2 Å². The molecule has 20 heavy (non-hydrogen) atoms. The molecule has 102 valence electrons. The average molecular weight is 269 g/mol. The zero-order valence-corrected chi connectivity index (χ0v) is 11.1. The maximum absolute atomic E-state index is 10.8. The third-order valence-electron chi connectivity index (χ3n) is 3.53. The van der Waals surface area contributed by atoms with Crippen molar-refractivity contribution >= 4 is 11.8 Å². The molecule has 0 saturated heterocycles. The monoisotopic (exact) mass is 269 g/mol. The van der Waals surface area contributed by atoms with Gasteiger partial charge in [-0.1, -0.05) is 24.3 Å². The van der Waals surface area contributed by atoms with E-state index in [-0.39, 0.29) is 12.0 Å². The number of nitrogens with one attached hydrogen (secondary N) is 1. The summed E-state index contributed by atoms with van der Waals surface area (Å²) in [5, 5.41) is 20.3. The summed E-state index contributed by atoms with van der Waals surface area (Å²) in [6.07, 6.45) is 0.649. The van der Waals surface area contributed by atoms with Crippen LogP contribution in [0.1, 0.15) is 12.0 Å². The first-order chi connectivity index (χ1) is 9.65. The Bertz CT molecular complexity index is 640. The fraction of sp³-hybridized carbons (Fsp3) is 0.267. The van der Waals surface area contributed by atoms with Gasteiger partial charge in [-0.25, -0.2) is 0 Å². The van der Waals surface area contributed by atoms with Crippen LogP contribution in [0.3, 0.4) is 0 Å². The molecule has 2 N–H and O–H groups in total. The van der Waals surface area contributed by atoms with E-state index < -0.39 is 5.97 Å². The SMILES string of the molecule is Cc1ccccc1-c1ccc(NC2CC2C(=O)O)nn1. The highest BCUT2D eigenvalue weighted by Crippen LogP contribution is 2.33. The van der Waals surface area contributed by atoms with Crippen molar-refractivity contribution in [3.05, 3.63) is 42.0 Å². The van der Waals surface area contributed by atoms with Gasteiger partial charge in [0, 0.05) is 11.6 Å². The van der Waals surface area contributed by atoms with E-state index in [2.05, 4.69) is 15.5 Å².